The van der Waals surface area contributed by atoms with Crippen LogP contribution in [-0.2, 0) is 6.42 Å². The van der Waals surface area contributed by atoms with Gasteiger partial charge < -0.3 is 0 Å². The van der Waals surface area contributed by atoms with Crippen LogP contribution in [0.5, 0.6) is 0 Å². The van der Waals surface area contributed by atoms with Gasteiger partial charge in [-0.15, -0.1) is 0 Å². The molecule has 3 heteroatoms. The standard InChI is InChI=1S/C13H14N2O/c1-2-3-10-4-6-11(7-5-10)13(16)12-8-14-15-9-12/h4-9H,2-3H2,1H3,(H,14,15). The second-order valence-corrected chi connectivity index (χ2v) is 3.76. The monoisotopic (exact) mass is 214 g/mol. The number of benzene rings is 1. The van der Waals surface area contributed by atoms with Crippen molar-refractivity contribution in [2.75, 3.05) is 0 Å². The van der Waals surface area contributed by atoms with Crippen LogP contribution in [-0.4, -0.2) is 16.0 Å². The number of hydrogen-bond donors (Lipinski definition) is 1. The average molecular weight is 214 g/mol. The Kier molecular flexibility index (Phi) is 3.15. The van der Waals surface area contributed by atoms with Gasteiger partial charge in [-0.2, -0.15) is 5.10 Å². The molecule has 0 aliphatic carbocycles. The van der Waals surface area contributed by atoms with Gasteiger partial charge in [-0.3, -0.25) is 9.89 Å². The molecule has 1 aromatic carbocycles. The highest BCUT2D eigenvalue weighted by Crippen LogP contribution is 2.11. The van der Waals surface area contributed by atoms with Crippen LogP contribution in [0.2, 0.25) is 0 Å². The molecule has 1 heterocycles. The first-order valence-corrected chi connectivity index (χ1v) is 5.43. The number of ketones is 1. The van der Waals surface area contributed by atoms with E-state index in [2.05, 4.69) is 17.1 Å². The van der Waals surface area contributed by atoms with Crippen molar-refractivity contribution in [3.8, 4) is 0 Å². The molecule has 0 spiro atoms. The van der Waals surface area contributed by atoms with Crippen molar-refractivity contribution in [1.82, 2.24) is 10.2 Å². The minimum atomic E-state index is 0.0109. The summed E-state index contributed by atoms with van der Waals surface area (Å²) in [5.74, 6) is 0.0109. The molecule has 1 aromatic heterocycles. The molecule has 0 atom stereocenters. The lowest BCUT2D eigenvalue weighted by molar-refractivity contribution is 0.103. The zero-order valence-corrected chi connectivity index (χ0v) is 9.23. The molecule has 82 valence electrons. The Balaban J connectivity index is 2.19. The number of carbonyl (C=O) groups excluding carboxylic acids is 1. The summed E-state index contributed by atoms with van der Waals surface area (Å²) in [4.78, 5) is 11.9. The molecular weight excluding hydrogens is 200 g/mol. The molecule has 0 fully saturated rings. The highest BCUT2D eigenvalue weighted by Gasteiger charge is 2.09. The molecule has 0 unspecified atom stereocenters. The van der Waals surface area contributed by atoms with Crippen LogP contribution in [0.25, 0.3) is 0 Å². The van der Waals surface area contributed by atoms with Crippen LogP contribution >= 0.6 is 0 Å². The molecule has 0 amide bonds. The van der Waals surface area contributed by atoms with E-state index in [9.17, 15) is 4.79 Å². The number of aromatic nitrogens is 2. The third-order valence-corrected chi connectivity index (χ3v) is 2.52. The van der Waals surface area contributed by atoms with Crippen LogP contribution < -0.4 is 0 Å². The van der Waals surface area contributed by atoms with Gasteiger partial charge in [0.2, 0.25) is 0 Å². The topological polar surface area (TPSA) is 45.8 Å². The number of aromatic amines is 1. The molecule has 0 aliphatic heterocycles. The number of aryl methyl sites for hydroxylation is 1. The van der Waals surface area contributed by atoms with E-state index in [1.807, 2.05) is 24.3 Å². The lowest BCUT2D eigenvalue weighted by Crippen LogP contribution is -1.99. The first-order chi connectivity index (χ1) is 7.81. The zero-order chi connectivity index (χ0) is 11.4. The van der Waals surface area contributed by atoms with Crippen molar-refractivity contribution in [3.05, 3.63) is 53.3 Å². The summed E-state index contributed by atoms with van der Waals surface area (Å²) in [7, 11) is 0. The third-order valence-electron chi connectivity index (χ3n) is 2.52. The largest absolute Gasteiger partial charge is 0.288 e. The summed E-state index contributed by atoms with van der Waals surface area (Å²) in [6.45, 7) is 2.14. The SMILES string of the molecule is CCCc1ccc(C(=O)c2cn[nH]c2)cc1. The second-order valence-electron chi connectivity index (χ2n) is 3.76. The molecule has 0 aliphatic rings. The first-order valence-electron chi connectivity index (χ1n) is 5.43. The summed E-state index contributed by atoms with van der Waals surface area (Å²) in [5.41, 5.74) is 2.58. The fourth-order valence-corrected chi connectivity index (χ4v) is 1.65. The predicted molar refractivity (Wildman–Crippen MR) is 62.5 cm³/mol. The van der Waals surface area contributed by atoms with Crippen molar-refractivity contribution in [1.29, 1.82) is 0 Å². The Bertz CT molecular complexity index is 457. The smallest absolute Gasteiger partial charge is 0.196 e. The Labute approximate surface area is 94.5 Å². The van der Waals surface area contributed by atoms with Crippen LogP contribution in [0, 0.1) is 0 Å². The number of hydrogen-bond acceptors (Lipinski definition) is 2. The van der Waals surface area contributed by atoms with Crippen molar-refractivity contribution >= 4 is 5.78 Å². The van der Waals surface area contributed by atoms with Crippen molar-refractivity contribution < 1.29 is 4.79 Å². The summed E-state index contributed by atoms with van der Waals surface area (Å²) >= 11 is 0. The number of H-pyrrole nitrogens is 1. The fraction of sp³-hybridized carbons (Fsp3) is 0.231. The van der Waals surface area contributed by atoms with Gasteiger partial charge in [0.05, 0.1) is 11.8 Å². The van der Waals surface area contributed by atoms with E-state index in [4.69, 9.17) is 0 Å². The van der Waals surface area contributed by atoms with Crippen LogP contribution in [0.1, 0.15) is 34.8 Å². The second kappa shape index (κ2) is 4.75. The zero-order valence-electron chi connectivity index (χ0n) is 9.23. The van der Waals surface area contributed by atoms with Gasteiger partial charge in [-0.1, -0.05) is 37.6 Å². The minimum Gasteiger partial charge on any atom is -0.288 e. The Morgan fingerprint density at radius 2 is 2.00 bits per heavy atom. The van der Waals surface area contributed by atoms with Crippen molar-refractivity contribution in [2.45, 2.75) is 19.8 Å². The van der Waals surface area contributed by atoms with E-state index in [0.717, 1.165) is 12.8 Å². The van der Waals surface area contributed by atoms with Crippen LogP contribution in [0.3, 0.4) is 0 Å². The first kappa shape index (κ1) is 10.6. The molecule has 1 N–H and O–H groups in total. The number of rotatable bonds is 4. The van der Waals surface area contributed by atoms with E-state index < -0.39 is 0 Å². The molecule has 0 saturated heterocycles. The van der Waals surface area contributed by atoms with Crippen LogP contribution in [0.15, 0.2) is 36.7 Å². The maximum absolute atomic E-state index is 11.9. The molecule has 2 aromatic rings. The molecule has 0 bridgehead atoms. The number of nitrogens with one attached hydrogen (secondary N) is 1. The molecule has 2 rings (SSSR count). The van der Waals surface area contributed by atoms with E-state index in [0.29, 0.717) is 11.1 Å². The van der Waals surface area contributed by atoms with Crippen LogP contribution in [0.4, 0.5) is 0 Å². The summed E-state index contributed by atoms with van der Waals surface area (Å²) in [6, 6.07) is 7.77. The van der Waals surface area contributed by atoms with Gasteiger partial charge in [0, 0.05) is 11.8 Å². The van der Waals surface area contributed by atoms with Crippen molar-refractivity contribution in [3.63, 3.8) is 0 Å². The third kappa shape index (κ3) is 2.19. The predicted octanol–water partition coefficient (Wildman–Crippen LogP) is 2.59. The van der Waals surface area contributed by atoms with E-state index in [1.54, 1.807) is 12.4 Å². The summed E-state index contributed by atoms with van der Waals surface area (Å²) in [6.07, 6.45) is 5.33. The van der Waals surface area contributed by atoms with Gasteiger partial charge in [-0.25, -0.2) is 0 Å². The lowest BCUT2D eigenvalue weighted by atomic mass is 10.0. The quantitative estimate of drug-likeness (QED) is 0.795. The maximum atomic E-state index is 11.9. The molecule has 3 nitrogen and oxygen atoms in total. The Hall–Kier alpha value is -1.90. The van der Waals surface area contributed by atoms with E-state index in [-0.39, 0.29) is 5.78 Å². The molecular formula is C13H14N2O. The van der Waals surface area contributed by atoms with Gasteiger partial charge in [0.25, 0.3) is 0 Å². The van der Waals surface area contributed by atoms with Crippen molar-refractivity contribution in [2.24, 2.45) is 0 Å². The van der Waals surface area contributed by atoms with Gasteiger partial charge in [0.1, 0.15) is 0 Å². The number of carbonyl (C=O) groups is 1. The summed E-state index contributed by atoms with van der Waals surface area (Å²) in [5, 5.41) is 6.41. The fourth-order valence-electron chi connectivity index (χ4n) is 1.65. The summed E-state index contributed by atoms with van der Waals surface area (Å²) < 4.78 is 0. The normalized spacial score (nSPS) is 10.3. The average Bonchev–Trinajstić information content (AvgIpc) is 2.83. The minimum absolute atomic E-state index is 0.0109. The lowest BCUT2D eigenvalue weighted by Gasteiger charge is -2.01. The maximum Gasteiger partial charge on any atom is 0.196 e. The van der Waals surface area contributed by atoms with E-state index in [1.165, 1.54) is 5.56 Å². The van der Waals surface area contributed by atoms with Gasteiger partial charge in [-0.05, 0) is 12.0 Å². The Morgan fingerprint density at radius 3 is 2.56 bits per heavy atom. The highest BCUT2D eigenvalue weighted by atomic mass is 16.1. The Morgan fingerprint density at radius 1 is 1.25 bits per heavy atom. The molecule has 0 saturated carbocycles. The molecule has 16 heavy (non-hydrogen) atoms. The van der Waals surface area contributed by atoms with E-state index >= 15 is 0 Å². The van der Waals surface area contributed by atoms with Gasteiger partial charge >= 0.3 is 0 Å². The molecule has 0 radical (unpaired) electrons. The van der Waals surface area contributed by atoms with Gasteiger partial charge in [0.15, 0.2) is 5.78 Å². The number of nitrogens with zero attached hydrogens (tertiary/aromatic N) is 1. The highest BCUT2D eigenvalue weighted by molar-refractivity contribution is 6.08.